The Morgan fingerprint density at radius 1 is 1.22 bits per heavy atom. The highest BCUT2D eigenvalue weighted by Crippen LogP contribution is 2.12. The molecule has 0 atom stereocenters. The molecule has 0 N–H and O–H groups in total. The van der Waals surface area contributed by atoms with Gasteiger partial charge in [-0.05, 0) is 12.5 Å². The Morgan fingerprint density at radius 2 is 1.96 bits per heavy atom. The molecule has 0 bridgehead atoms. The summed E-state index contributed by atoms with van der Waals surface area (Å²) in [5.41, 5.74) is 1.87. The van der Waals surface area contributed by atoms with E-state index in [0.29, 0.717) is 11.5 Å². The number of aryl methyl sites for hydroxylation is 1. The van der Waals surface area contributed by atoms with Crippen molar-refractivity contribution in [3.05, 3.63) is 59.8 Å². The summed E-state index contributed by atoms with van der Waals surface area (Å²) in [6.45, 7) is 5.88. The van der Waals surface area contributed by atoms with Crippen molar-refractivity contribution in [2.24, 2.45) is 0 Å². The summed E-state index contributed by atoms with van der Waals surface area (Å²) in [5, 5.41) is 0. The number of oxazole rings is 1. The lowest BCUT2D eigenvalue weighted by molar-refractivity contribution is 0.0618. The van der Waals surface area contributed by atoms with E-state index in [2.05, 4.69) is 34.2 Å². The van der Waals surface area contributed by atoms with Gasteiger partial charge in [0, 0.05) is 32.7 Å². The predicted molar refractivity (Wildman–Crippen MR) is 89.1 cm³/mol. The molecule has 1 saturated heterocycles. The van der Waals surface area contributed by atoms with Crippen molar-refractivity contribution in [1.29, 1.82) is 0 Å². The Balaban J connectivity index is 1.48. The molecule has 2 aromatic rings. The van der Waals surface area contributed by atoms with E-state index in [0.717, 1.165) is 32.7 Å². The van der Waals surface area contributed by atoms with Crippen molar-refractivity contribution in [3.63, 3.8) is 0 Å². The number of carbonyl (C=O) groups excluding carboxylic acids is 1. The normalized spacial score (nSPS) is 16.1. The van der Waals surface area contributed by atoms with Gasteiger partial charge < -0.3 is 9.32 Å². The average molecular weight is 311 g/mol. The van der Waals surface area contributed by atoms with Crippen LogP contribution in [-0.4, -0.2) is 53.4 Å². The van der Waals surface area contributed by atoms with Crippen LogP contribution in [0.5, 0.6) is 0 Å². The maximum absolute atomic E-state index is 12.3. The van der Waals surface area contributed by atoms with Crippen molar-refractivity contribution < 1.29 is 9.21 Å². The molecule has 0 radical (unpaired) electrons. The van der Waals surface area contributed by atoms with E-state index in [-0.39, 0.29) is 5.91 Å². The summed E-state index contributed by atoms with van der Waals surface area (Å²) in [6, 6.07) is 10.3. The largest absolute Gasteiger partial charge is 0.438 e. The van der Waals surface area contributed by atoms with Crippen molar-refractivity contribution in [2.75, 3.05) is 32.7 Å². The van der Waals surface area contributed by atoms with Crippen molar-refractivity contribution in [2.45, 2.75) is 6.92 Å². The number of nitrogens with zero attached hydrogens (tertiary/aromatic N) is 3. The number of amides is 1. The molecule has 5 nitrogen and oxygen atoms in total. The van der Waals surface area contributed by atoms with E-state index >= 15 is 0 Å². The Labute approximate surface area is 136 Å². The molecule has 0 unspecified atom stereocenters. The second-order valence-corrected chi connectivity index (χ2v) is 5.67. The van der Waals surface area contributed by atoms with Crippen LogP contribution in [0.3, 0.4) is 0 Å². The second kappa shape index (κ2) is 7.24. The van der Waals surface area contributed by atoms with E-state index in [1.54, 1.807) is 6.92 Å². The van der Waals surface area contributed by atoms with Crippen LogP contribution in [0.2, 0.25) is 0 Å². The second-order valence-electron chi connectivity index (χ2n) is 5.67. The number of piperazine rings is 1. The summed E-state index contributed by atoms with van der Waals surface area (Å²) in [6.07, 6.45) is 5.63. The van der Waals surface area contributed by atoms with Gasteiger partial charge in [0.15, 0.2) is 6.39 Å². The topological polar surface area (TPSA) is 49.6 Å². The molecular weight excluding hydrogens is 290 g/mol. The van der Waals surface area contributed by atoms with Crippen LogP contribution < -0.4 is 0 Å². The van der Waals surface area contributed by atoms with Gasteiger partial charge in [-0.2, -0.15) is 0 Å². The summed E-state index contributed by atoms with van der Waals surface area (Å²) in [5.74, 6) is 0.307. The minimum atomic E-state index is -0.0560. The first-order valence-corrected chi connectivity index (χ1v) is 7.87. The summed E-state index contributed by atoms with van der Waals surface area (Å²) in [7, 11) is 0. The Hall–Kier alpha value is -2.40. The zero-order chi connectivity index (χ0) is 16.1. The van der Waals surface area contributed by atoms with Gasteiger partial charge >= 0.3 is 0 Å². The standard InChI is InChI=1S/C18H21N3O2/c1-15-17(23-14-19-15)18(22)21-12-10-20(11-13-21)9-5-8-16-6-3-2-4-7-16/h2-8,14H,9-13H2,1H3. The lowest BCUT2D eigenvalue weighted by Gasteiger charge is -2.33. The van der Waals surface area contributed by atoms with Crippen LogP contribution >= 0.6 is 0 Å². The van der Waals surface area contributed by atoms with Crippen LogP contribution in [0.4, 0.5) is 0 Å². The molecule has 0 aliphatic carbocycles. The molecule has 5 heteroatoms. The zero-order valence-electron chi connectivity index (χ0n) is 13.3. The Morgan fingerprint density at radius 3 is 2.61 bits per heavy atom. The van der Waals surface area contributed by atoms with Crippen molar-refractivity contribution in [1.82, 2.24) is 14.8 Å². The van der Waals surface area contributed by atoms with Gasteiger partial charge in [-0.1, -0.05) is 42.5 Å². The van der Waals surface area contributed by atoms with Crippen LogP contribution in [-0.2, 0) is 0 Å². The highest BCUT2D eigenvalue weighted by atomic mass is 16.3. The van der Waals surface area contributed by atoms with Crippen LogP contribution in [0.15, 0.2) is 47.2 Å². The monoisotopic (exact) mass is 311 g/mol. The van der Waals surface area contributed by atoms with E-state index in [1.807, 2.05) is 23.1 Å². The number of carbonyl (C=O) groups is 1. The van der Waals surface area contributed by atoms with Gasteiger partial charge in [-0.3, -0.25) is 9.69 Å². The van der Waals surface area contributed by atoms with Crippen LogP contribution in [0, 0.1) is 6.92 Å². The van der Waals surface area contributed by atoms with E-state index < -0.39 is 0 Å². The summed E-state index contributed by atoms with van der Waals surface area (Å²) < 4.78 is 5.19. The molecule has 120 valence electrons. The molecule has 1 amide bonds. The maximum atomic E-state index is 12.3. The molecule has 0 spiro atoms. The third-order valence-electron chi connectivity index (χ3n) is 4.07. The van der Waals surface area contributed by atoms with Gasteiger partial charge in [0.1, 0.15) is 0 Å². The first-order chi connectivity index (χ1) is 11.2. The Kier molecular flexibility index (Phi) is 4.88. The SMILES string of the molecule is Cc1ncoc1C(=O)N1CCN(CC=Cc2ccccc2)CC1. The van der Waals surface area contributed by atoms with E-state index in [4.69, 9.17) is 4.42 Å². The summed E-state index contributed by atoms with van der Waals surface area (Å²) >= 11 is 0. The minimum Gasteiger partial charge on any atom is -0.438 e. The third-order valence-corrected chi connectivity index (χ3v) is 4.07. The third kappa shape index (κ3) is 3.87. The number of aromatic nitrogens is 1. The highest BCUT2D eigenvalue weighted by molar-refractivity contribution is 5.92. The number of hydrogen-bond acceptors (Lipinski definition) is 4. The fourth-order valence-electron chi connectivity index (χ4n) is 2.69. The molecular formula is C18H21N3O2. The first kappa shape index (κ1) is 15.5. The van der Waals surface area contributed by atoms with Crippen molar-refractivity contribution >= 4 is 12.0 Å². The fraction of sp³-hybridized carbons (Fsp3) is 0.333. The van der Waals surface area contributed by atoms with Gasteiger partial charge in [0.25, 0.3) is 5.91 Å². The van der Waals surface area contributed by atoms with Crippen LogP contribution in [0.25, 0.3) is 6.08 Å². The number of hydrogen-bond donors (Lipinski definition) is 0. The molecule has 2 heterocycles. The molecule has 1 aromatic heterocycles. The number of rotatable bonds is 4. The molecule has 1 fully saturated rings. The lowest BCUT2D eigenvalue weighted by Crippen LogP contribution is -2.48. The molecule has 23 heavy (non-hydrogen) atoms. The number of benzene rings is 1. The van der Waals surface area contributed by atoms with Crippen LogP contribution in [0.1, 0.15) is 21.8 Å². The Bertz CT molecular complexity index is 671. The van der Waals surface area contributed by atoms with Gasteiger partial charge in [-0.25, -0.2) is 4.98 Å². The van der Waals surface area contributed by atoms with E-state index in [9.17, 15) is 4.79 Å². The molecule has 3 rings (SSSR count). The molecule has 1 aromatic carbocycles. The maximum Gasteiger partial charge on any atom is 0.291 e. The molecule has 1 aliphatic heterocycles. The zero-order valence-corrected chi connectivity index (χ0v) is 13.3. The highest BCUT2D eigenvalue weighted by Gasteiger charge is 2.25. The summed E-state index contributed by atoms with van der Waals surface area (Å²) in [4.78, 5) is 20.5. The fourth-order valence-corrected chi connectivity index (χ4v) is 2.69. The van der Waals surface area contributed by atoms with E-state index in [1.165, 1.54) is 12.0 Å². The first-order valence-electron chi connectivity index (χ1n) is 7.87. The minimum absolute atomic E-state index is 0.0560. The lowest BCUT2D eigenvalue weighted by atomic mass is 10.2. The molecule has 1 aliphatic rings. The molecule has 0 saturated carbocycles. The van der Waals surface area contributed by atoms with Gasteiger partial charge in [-0.15, -0.1) is 0 Å². The quantitative estimate of drug-likeness (QED) is 0.870. The average Bonchev–Trinajstić information content (AvgIpc) is 3.02. The predicted octanol–water partition coefficient (Wildman–Crippen LogP) is 2.45. The smallest absolute Gasteiger partial charge is 0.291 e. The van der Waals surface area contributed by atoms with Gasteiger partial charge in [0.2, 0.25) is 5.76 Å². The van der Waals surface area contributed by atoms with Crippen molar-refractivity contribution in [3.8, 4) is 0 Å². The van der Waals surface area contributed by atoms with Gasteiger partial charge in [0.05, 0.1) is 5.69 Å².